The van der Waals surface area contributed by atoms with Crippen LogP contribution in [0.5, 0.6) is 0 Å². The first-order valence-electron chi connectivity index (χ1n) is 10.2. The van der Waals surface area contributed by atoms with Crippen LogP contribution < -0.4 is 5.32 Å². The summed E-state index contributed by atoms with van der Waals surface area (Å²) in [7, 11) is 0. The predicted molar refractivity (Wildman–Crippen MR) is 113 cm³/mol. The molecule has 152 valence electrons. The van der Waals surface area contributed by atoms with Crippen molar-refractivity contribution < 1.29 is 19.1 Å². The third-order valence-corrected chi connectivity index (χ3v) is 5.90. The van der Waals surface area contributed by atoms with E-state index in [4.69, 9.17) is 9.15 Å². The van der Waals surface area contributed by atoms with Gasteiger partial charge in [-0.15, -0.1) is 0 Å². The number of rotatable bonds is 6. The molecule has 1 fully saturated rings. The molecule has 0 aliphatic carbocycles. The van der Waals surface area contributed by atoms with Crippen molar-refractivity contribution in [2.24, 2.45) is 5.41 Å². The van der Waals surface area contributed by atoms with Crippen molar-refractivity contribution in [3.05, 3.63) is 60.4 Å². The third-order valence-electron chi connectivity index (χ3n) is 5.90. The van der Waals surface area contributed by atoms with Gasteiger partial charge in [0.1, 0.15) is 5.58 Å². The Balaban J connectivity index is 1.71. The largest absolute Gasteiger partial charge is 0.464 e. The molecule has 29 heavy (non-hydrogen) atoms. The highest BCUT2D eigenvalue weighted by atomic mass is 16.5. The van der Waals surface area contributed by atoms with Gasteiger partial charge in [0, 0.05) is 30.2 Å². The standard InChI is InChI=1S/C24H27NO4/c1-17(15-26)25-23(27)24(10-12-28-13-11-24)14-18-6-2-3-7-19(18)21-16-29-22-9-5-4-8-20(21)22/h2-9,16-17,26H,10-15H2,1H3,(H,25,27). The van der Waals surface area contributed by atoms with E-state index in [9.17, 15) is 9.90 Å². The molecule has 1 atom stereocenters. The summed E-state index contributed by atoms with van der Waals surface area (Å²) in [4.78, 5) is 13.2. The molecule has 5 nitrogen and oxygen atoms in total. The van der Waals surface area contributed by atoms with Crippen LogP contribution in [0, 0.1) is 5.41 Å². The fourth-order valence-electron chi connectivity index (χ4n) is 4.16. The maximum Gasteiger partial charge on any atom is 0.227 e. The average Bonchev–Trinajstić information content (AvgIpc) is 3.18. The van der Waals surface area contributed by atoms with Gasteiger partial charge in [0.05, 0.1) is 18.3 Å². The molecule has 1 aromatic heterocycles. The van der Waals surface area contributed by atoms with E-state index in [2.05, 4.69) is 23.5 Å². The number of para-hydroxylation sites is 1. The highest BCUT2D eigenvalue weighted by Crippen LogP contribution is 2.39. The van der Waals surface area contributed by atoms with Gasteiger partial charge in [-0.25, -0.2) is 0 Å². The smallest absolute Gasteiger partial charge is 0.227 e. The Morgan fingerprint density at radius 2 is 1.83 bits per heavy atom. The Kier molecular flexibility index (Phi) is 5.69. The van der Waals surface area contributed by atoms with E-state index in [0.717, 1.165) is 27.7 Å². The monoisotopic (exact) mass is 393 g/mol. The number of furan rings is 1. The van der Waals surface area contributed by atoms with Gasteiger partial charge in [0.15, 0.2) is 0 Å². The summed E-state index contributed by atoms with van der Waals surface area (Å²) in [6, 6.07) is 15.9. The normalized spacial score (nSPS) is 17.2. The second-order valence-electron chi connectivity index (χ2n) is 7.93. The highest BCUT2D eigenvalue weighted by Gasteiger charge is 2.41. The molecule has 0 radical (unpaired) electrons. The Morgan fingerprint density at radius 1 is 1.10 bits per heavy atom. The van der Waals surface area contributed by atoms with Gasteiger partial charge in [0.25, 0.3) is 0 Å². The lowest BCUT2D eigenvalue weighted by molar-refractivity contribution is -0.137. The number of carbonyl (C=O) groups excluding carboxylic acids is 1. The van der Waals surface area contributed by atoms with Crippen LogP contribution in [0.4, 0.5) is 0 Å². The Morgan fingerprint density at radius 3 is 2.62 bits per heavy atom. The first-order valence-corrected chi connectivity index (χ1v) is 10.2. The molecule has 1 amide bonds. The fourth-order valence-corrected chi connectivity index (χ4v) is 4.16. The van der Waals surface area contributed by atoms with E-state index >= 15 is 0 Å². The van der Waals surface area contributed by atoms with Crippen molar-refractivity contribution in [1.29, 1.82) is 0 Å². The Hall–Kier alpha value is -2.63. The molecule has 4 rings (SSSR count). The summed E-state index contributed by atoms with van der Waals surface area (Å²) in [6.45, 7) is 2.88. The summed E-state index contributed by atoms with van der Waals surface area (Å²) < 4.78 is 11.3. The van der Waals surface area contributed by atoms with E-state index in [1.807, 2.05) is 37.3 Å². The average molecular weight is 393 g/mol. The van der Waals surface area contributed by atoms with Crippen LogP contribution in [0.1, 0.15) is 25.3 Å². The molecule has 1 aliphatic heterocycles. The molecule has 0 spiro atoms. The first-order chi connectivity index (χ1) is 14.1. The number of ether oxygens (including phenoxy) is 1. The fraction of sp³-hybridized carbons (Fsp3) is 0.375. The number of hydrogen-bond acceptors (Lipinski definition) is 4. The molecule has 1 saturated heterocycles. The van der Waals surface area contributed by atoms with Gasteiger partial charge >= 0.3 is 0 Å². The number of benzene rings is 2. The Bertz CT molecular complexity index is 987. The van der Waals surface area contributed by atoms with Crippen LogP contribution >= 0.6 is 0 Å². The number of aliphatic hydroxyl groups excluding tert-OH is 1. The van der Waals surface area contributed by atoms with E-state index < -0.39 is 5.41 Å². The van der Waals surface area contributed by atoms with Crippen LogP contribution in [-0.2, 0) is 16.0 Å². The first kappa shape index (κ1) is 19.7. The van der Waals surface area contributed by atoms with E-state index in [0.29, 0.717) is 32.5 Å². The number of amides is 1. The SMILES string of the molecule is CC(CO)NC(=O)C1(Cc2ccccc2-c2coc3ccccc23)CCOCC1. The number of hydrogen-bond donors (Lipinski definition) is 2. The van der Waals surface area contributed by atoms with Crippen molar-refractivity contribution in [2.45, 2.75) is 32.2 Å². The van der Waals surface area contributed by atoms with E-state index in [-0.39, 0.29) is 18.6 Å². The zero-order valence-electron chi connectivity index (χ0n) is 16.7. The lowest BCUT2D eigenvalue weighted by Crippen LogP contribution is -2.49. The molecule has 3 aromatic rings. The second kappa shape index (κ2) is 8.39. The quantitative estimate of drug-likeness (QED) is 0.666. The van der Waals surface area contributed by atoms with Gasteiger partial charge in [-0.1, -0.05) is 42.5 Å². The topological polar surface area (TPSA) is 71.7 Å². The van der Waals surface area contributed by atoms with Crippen molar-refractivity contribution in [3.8, 4) is 11.1 Å². The van der Waals surface area contributed by atoms with Gasteiger partial charge in [0.2, 0.25) is 5.91 Å². The molecule has 1 unspecified atom stereocenters. The van der Waals surface area contributed by atoms with Crippen molar-refractivity contribution >= 4 is 16.9 Å². The summed E-state index contributed by atoms with van der Waals surface area (Å²) in [5.74, 6) is -0.00537. The number of carbonyl (C=O) groups is 1. The summed E-state index contributed by atoms with van der Waals surface area (Å²) in [5, 5.41) is 13.4. The predicted octanol–water partition coefficient (Wildman–Crippen LogP) is 3.94. The minimum absolute atomic E-state index is 0.00537. The lowest BCUT2D eigenvalue weighted by atomic mass is 9.73. The van der Waals surface area contributed by atoms with Crippen LogP contribution in [0.2, 0.25) is 0 Å². The number of fused-ring (bicyclic) bond motifs is 1. The Labute approximate surface area is 170 Å². The van der Waals surface area contributed by atoms with Gasteiger partial charge < -0.3 is 19.6 Å². The minimum atomic E-state index is -0.544. The molecule has 2 aromatic carbocycles. The molecule has 2 heterocycles. The van der Waals surface area contributed by atoms with Gasteiger partial charge in [-0.3, -0.25) is 4.79 Å². The molecule has 1 aliphatic rings. The zero-order chi connectivity index (χ0) is 20.3. The van der Waals surface area contributed by atoms with Crippen LogP contribution in [0.15, 0.2) is 59.2 Å². The minimum Gasteiger partial charge on any atom is -0.464 e. The van der Waals surface area contributed by atoms with E-state index in [1.165, 1.54) is 0 Å². The lowest BCUT2D eigenvalue weighted by Gasteiger charge is -2.37. The number of nitrogens with one attached hydrogen (secondary N) is 1. The third kappa shape index (κ3) is 3.93. The van der Waals surface area contributed by atoms with Crippen molar-refractivity contribution in [2.75, 3.05) is 19.8 Å². The molecule has 5 heteroatoms. The maximum atomic E-state index is 13.2. The molecular weight excluding hydrogens is 366 g/mol. The zero-order valence-corrected chi connectivity index (χ0v) is 16.7. The van der Waals surface area contributed by atoms with Gasteiger partial charge in [-0.05, 0) is 43.4 Å². The van der Waals surface area contributed by atoms with Gasteiger partial charge in [-0.2, -0.15) is 0 Å². The second-order valence-corrected chi connectivity index (χ2v) is 7.93. The summed E-state index contributed by atoms with van der Waals surface area (Å²) >= 11 is 0. The van der Waals surface area contributed by atoms with Crippen molar-refractivity contribution in [1.82, 2.24) is 5.32 Å². The highest BCUT2D eigenvalue weighted by molar-refractivity contribution is 5.95. The molecule has 0 bridgehead atoms. The van der Waals surface area contributed by atoms with Crippen LogP contribution in [0.3, 0.4) is 0 Å². The van der Waals surface area contributed by atoms with E-state index in [1.54, 1.807) is 6.26 Å². The maximum absolute atomic E-state index is 13.2. The summed E-state index contributed by atoms with van der Waals surface area (Å²) in [6.07, 6.45) is 3.75. The van der Waals surface area contributed by atoms with Crippen LogP contribution in [0.25, 0.3) is 22.1 Å². The molecule has 2 N–H and O–H groups in total. The molecule has 0 saturated carbocycles. The van der Waals surface area contributed by atoms with Crippen LogP contribution in [-0.4, -0.2) is 36.9 Å². The van der Waals surface area contributed by atoms with Crippen molar-refractivity contribution in [3.63, 3.8) is 0 Å². The molecular formula is C24H27NO4. The summed E-state index contributed by atoms with van der Waals surface area (Å²) in [5.41, 5.74) is 3.56. The number of aliphatic hydroxyl groups is 1.